The van der Waals surface area contributed by atoms with E-state index in [0.29, 0.717) is 17.9 Å². The number of carbonyl (C=O) groups is 1. The number of anilines is 1. The van der Waals surface area contributed by atoms with E-state index in [1.165, 1.54) is 6.20 Å². The first kappa shape index (κ1) is 11.9. The molecule has 17 heavy (non-hydrogen) atoms. The molecule has 1 aliphatic carbocycles. The highest BCUT2D eigenvalue weighted by Gasteiger charge is 2.34. The molecular weight excluding hydrogens is 218 g/mol. The number of aromatic nitrogens is 1. The SMILES string of the molecule is Nc1ccc(CC(=O)NCC2(O)CCC2)nc1. The lowest BCUT2D eigenvalue weighted by molar-refractivity contribution is -0.122. The predicted molar refractivity (Wildman–Crippen MR) is 64.2 cm³/mol. The Labute approximate surface area is 100 Å². The Bertz CT molecular complexity index is 399. The van der Waals surface area contributed by atoms with Crippen LogP contribution < -0.4 is 11.1 Å². The zero-order chi connectivity index (χ0) is 12.3. The first-order valence-corrected chi connectivity index (χ1v) is 5.77. The van der Waals surface area contributed by atoms with E-state index in [4.69, 9.17) is 5.73 Å². The van der Waals surface area contributed by atoms with Crippen molar-refractivity contribution in [2.75, 3.05) is 12.3 Å². The van der Waals surface area contributed by atoms with Gasteiger partial charge in [0.25, 0.3) is 0 Å². The van der Waals surface area contributed by atoms with Crippen molar-refractivity contribution in [1.29, 1.82) is 0 Å². The number of nitrogens with zero attached hydrogens (tertiary/aromatic N) is 1. The molecule has 2 rings (SSSR count). The first-order valence-electron chi connectivity index (χ1n) is 5.77. The molecule has 1 amide bonds. The van der Waals surface area contributed by atoms with Crippen LogP contribution in [0.1, 0.15) is 25.0 Å². The molecule has 0 aromatic carbocycles. The summed E-state index contributed by atoms with van der Waals surface area (Å²) >= 11 is 0. The summed E-state index contributed by atoms with van der Waals surface area (Å²) in [5.74, 6) is -0.123. The molecule has 0 bridgehead atoms. The standard InChI is InChI=1S/C12H17N3O2/c13-9-2-3-10(14-7-9)6-11(16)15-8-12(17)4-1-5-12/h2-3,7,17H,1,4-6,8,13H2,(H,15,16). The highest BCUT2D eigenvalue weighted by molar-refractivity contribution is 5.78. The number of rotatable bonds is 4. The number of hydrogen-bond acceptors (Lipinski definition) is 4. The Morgan fingerprint density at radius 3 is 2.82 bits per heavy atom. The van der Waals surface area contributed by atoms with Crippen LogP contribution in [0.15, 0.2) is 18.3 Å². The fourth-order valence-corrected chi connectivity index (χ4v) is 1.79. The van der Waals surface area contributed by atoms with Crippen LogP contribution in [0.5, 0.6) is 0 Å². The van der Waals surface area contributed by atoms with Gasteiger partial charge in [-0.25, -0.2) is 0 Å². The molecule has 0 aliphatic heterocycles. The van der Waals surface area contributed by atoms with Crippen molar-refractivity contribution in [2.45, 2.75) is 31.3 Å². The summed E-state index contributed by atoms with van der Waals surface area (Å²) in [6, 6.07) is 3.45. The summed E-state index contributed by atoms with van der Waals surface area (Å²) in [4.78, 5) is 15.6. The van der Waals surface area contributed by atoms with Crippen LogP contribution in [0.4, 0.5) is 5.69 Å². The van der Waals surface area contributed by atoms with Gasteiger partial charge in [-0.1, -0.05) is 0 Å². The Balaban J connectivity index is 1.79. The second kappa shape index (κ2) is 4.71. The van der Waals surface area contributed by atoms with E-state index < -0.39 is 5.60 Å². The van der Waals surface area contributed by atoms with Crippen LogP contribution in [0.25, 0.3) is 0 Å². The maximum absolute atomic E-state index is 11.6. The van der Waals surface area contributed by atoms with Gasteiger partial charge in [-0.3, -0.25) is 9.78 Å². The van der Waals surface area contributed by atoms with E-state index in [1.54, 1.807) is 12.1 Å². The molecular formula is C12H17N3O2. The summed E-state index contributed by atoms with van der Waals surface area (Å²) in [6.07, 6.45) is 4.32. The summed E-state index contributed by atoms with van der Waals surface area (Å²) in [5, 5.41) is 12.5. The van der Waals surface area contributed by atoms with E-state index >= 15 is 0 Å². The minimum absolute atomic E-state index is 0.123. The number of pyridine rings is 1. The number of nitrogens with one attached hydrogen (secondary N) is 1. The van der Waals surface area contributed by atoms with Crippen molar-refractivity contribution < 1.29 is 9.90 Å². The smallest absolute Gasteiger partial charge is 0.226 e. The molecule has 5 heteroatoms. The number of hydrogen-bond donors (Lipinski definition) is 3. The van der Waals surface area contributed by atoms with Gasteiger partial charge in [0.15, 0.2) is 0 Å². The predicted octanol–water partition coefficient (Wildman–Crippen LogP) is 0.237. The van der Waals surface area contributed by atoms with Gasteiger partial charge in [0.1, 0.15) is 0 Å². The highest BCUT2D eigenvalue weighted by Crippen LogP contribution is 2.30. The first-order chi connectivity index (χ1) is 8.07. The number of carbonyl (C=O) groups excluding carboxylic acids is 1. The van der Waals surface area contributed by atoms with Crippen LogP contribution in [0.2, 0.25) is 0 Å². The van der Waals surface area contributed by atoms with Crippen LogP contribution in [0.3, 0.4) is 0 Å². The van der Waals surface area contributed by atoms with Crippen LogP contribution >= 0.6 is 0 Å². The molecule has 1 aromatic heterocycles. The van der Waals surface area contributed by atoms with Crippen molar-refractivity contribution in [3.63, 3.8) is 0 Å². The third kappa shape index (κ3) is 3.17. The third-order valence-corrected chi connectivity index (χ3v) is 3.09. The molecule has 0 spiro atoms. The zero-order valence-electron chi connectivity index (χ0n) is 9.65. The van der Waals surface area contributed by atoms with Crippen molar-refractivity contribution >= 4 is 11.6 Å². The number of nitrogen functional groups attached to an aromatic ring is 1. The van der Waals surface area contributed by atoms with Crippen molar-refractivity contribution in [1.82, 2.24) is 10.3 Å². The maximum atomic E-state index is 11.6. The summed E-state index contributed by atoms with van der Waals surface area (Å²) < 4.78 is 0. The van der Waals surface area contributed by atoms with Gasteiger partial charge in [-0.15, -0.1) is 0 Å². The molecule has 4 N–H and O–H groups in total. The zero-order valence-corrected chi connectivity index (χ0v) is 9.65. The lowest BCUT2D eigenvalue weighted by Gasteiger charge is -2.36. The van der Waals surface area contributed by atoms with Crippen molar-refractivity contribution in [3.05, 3.63) is 24.0 Å². The van der Waals surface area contributed by atoms with Gasteiger partial charge in [0.2, 0.25) is 5.91 Å². The molecule has 1 aromatic rings. The van der Waals surface area contributed by atoms with E-state index in [-0.39, 0.29) is 12.3 Å². The topological polar surface area (TPSA) is 88.2 Å². The number of nitrogens with two attached hydrogens (primary N) is 1. The largest absolute Gasteiger partial charge is 0.397 e. The van der Waals surface area contributed by atoms with Gasteiger partial charge in [0.05, 0.1) is 23.9 Å². The van der Waals surface area contributed by atoms with Crippen LogP contribution in [0, 0.1) is 0 Å². The molecule has 1 fully saturated rings. The lowest BCUT2D eigenvalue weighted by Crippen LogP contribution is -2.48. The van der Waals surface area contributed by atoms with Crippen LogP contribution in [-0.4, -0.2) is 28.1 Å². The summed E-state index contributed by atoms with van der Waals surface area (Å²) in [5.41, 5.74) is 6.09. The van der Waals surface area contributed by atoms with Gasteiger partial charge < -0.3 is 16.2 Å². The third-order valence-electron chi connectivity index (χ3n) is 3.09. The summed E-state index contributed by atoms with van der Waals surface area (Å²) in [6.45, 7) is 0.334. The molecule has 1 saturated carbocycles. The second-order valence-electron chi connectivity index (χ2n) is 4.61. The number of amides is 1. The van der Waals surface area contributed by atoms with Gasteiger partial charge in [0, 0.05) is 12.2 Å². The molecule has 0 radical (unpaired) electrons. The Kier molecular flexibility index (Phi) is 3.28. The monoisotopic (exact) mass is 235 g/mol. The molecule has 1 aliphatic rings. The molecule has 1 heterocycles. The quantitative estimate of drug-likeness (QED) is 0.697. The average Bonchev–Trinajstić information content (AvgIpc) is 2.27. The Morgan fingerprint density at radius 1 is 1.53 bits per heavy atom. The van der Waals surface area contributed by atoms with Crippen molar-refractivity contribution in [2.24, 2.45) is 0 Å². The Hall–Kier alpha value is -1.62. The maximum Gasteiger partial charge on any atom is 0.226 e. The minimum Gasteiger partial charge on any atom is -0.397 e. The van der Waals surface area contributed by atoms with Crippen LogP contribution in [-0.2, 0) is 11.2 Å². The highest BCUT2D eigenvalue weighted by atomic mass is 16.3. The van der Waals surface area contributed by atoms with Crippen molar-refractivity contribution in [3.8, 4) is 0 Å². The average molecular weight is 235 g/mol. The fourth-order valence-electron chi connectivity index (χ4n) is 1.79. The minimum atomic E-state index is -0.676. The molecule has 0 atom stereocenters. The molecule has 0 saturated heterocycles. The fraction of sp³-hybridized carbons (Fsp3) is 0.500. The molecule has 0 unspecified atom stereocenters. The van der Waals surface area contributed by atoms with E-state index in [1.807, 2.05) is 0 Å². The lowest BCUT2D eigenvalue weighted by atomic mass is 9.80. The Morgan fingerprint density at radius 2 is 2.29 bits per heavy atom. The van der Waals surface area contributed by atoms with Gasteiger partial charge in [-0.05, 0) is 31.4 Å². The second-order valence-corrected chi connectivity index (χ2v) is 4.61. The summed E-state index contributed by atoms with van der Waals surface area (Å²) in [7, 11) is 0. The normalized spacial score (nSPS) is 17.2. The van der Waals surface area contributed by atoms with Gasteiger partial charge in [-0.2, -0.15) is 0 Å². The van der Waals surface area contributed by atoms with Gasteiger partial charge >= 0.3 is 0 Å². The van der Waals surface area contributed by atoms with E-state index in [9.17, 15) is 9.90 Å². The van der Waals surface area contributed by atoms with E-state index in [2.05, 4.69) is 10.3 Å². The molecule has 5 nitrogen and oxygen atoms in total. The number of aliphatic hydroxyl groups is 1. The van der Waals surface area contributed by atoms with E-state index in [0.717, 1.165) is 19.3 Å². The molecule has 92 valence electrons.